The number of methoxy groups -OCH3 is 1. The third kappa shape index (κ3) is 1.93. The standard InChI is InChI=1S/C11H10N2O3/c1-7-3-4-9(16-7)10-12-6-5-8(13-10)11(14)15-2/h3-6H,1-2H3. The number of aryl methyl sites for hydroxylation is 1. The minimum Gasteiger partial charge on any atom is -0.464 e. The zero-order chi connectivity index (χ0) is 11.5. The molecule has 5 heteroatoms. The summed E-state index contributed by atoms with van der Waals surface area (Å²) in [5.41, 5.74) is 0.210. The Morgan fingerprint density at radius 3 is 2.81 bits per heavy atom. The summed E-state index contributed by atoms with van der Waals surface area (Å²) in [6, 6.07) is 5.06. The van der Waals surface area contributed by atoms with E-state index in [-0.39, 0.29) is 5.69 Å². The molecule has 0 aliphatic rings. The fourth-order valence-corrected chi connectivity index (χ4v) is 1.25. The normalized spacial score (nSPS) is 10.1. The van der Waals surface area contributed by atoms with Crippen LogP contribution in [-0.2, 0) is 4.74 Å². The van der Waals surface area contributed by atoms with E-state index in [0.29, 0.717) is 11.6 Å². The molecule has 2 aromatic rings. The van der Waals surface area contributed by atoms with Crippen molar-refractivity contribution in [2.75, 3.05) is 7.11 Å². The van der Waals surface area contributed by atoms with Crippen LogP contribution in [0.25, 0.3) is 11.6 Å². The summed E-state index contributed by atoms with van der Waals surface area (Å²) in [6.45, 7) is 1.83. The number of carbonyl (C=O) groups is 1. The predicted molar refractivity (Wildman–Crippen MR) is 55.8 cm³/mol. The zero-order valence-electron chi connectivity index (χ0n) is 8.93. The van der Waals surface area contributed by atoms with E-state index in [9.17, 15) is 4.79 Å². The van der Waals surface area contributed by atoms with Gasteiger partial charge in [-0.2, -0.15) is 0 Å². The SMILES string of the molecule is COC(=O)c1ccnc(-c2ccc(C)o2)n1. The van der Waals surface area contributed by atoms with Crippen molar-refractivity contribution in [3.05, 3.63) is 35.9 Å². The molecule has 0 N–H and O–H groups in total. The molecular weight excluding hydrogens is 208 g/mol. The number of ether oxygens (including phenoxy) is 1. The van der Waals surface area contributed by atoms with Gasteiger partial charge in [0, 0.05) is 6.20 Å². The van der Waals surface area contributed by atoms with E-state index in [1.165, 1.54) is 19.4 Å². The van der Waals surface area contributed by atoms with Crippen molar-refractivity contribution >= 4 is 5.97 Å². The molecule has 2 heterocycles. The first-order valence-electron chi connectivity index (χ1n) is 4.69. The molecule has 82 valence electrons. The van der Waals surface area contributed by atoms with Crippen molar-refractivity contribution in [2.45, 2.75) is 6.92 Å². The lowest BCUT2D eigenvalue weighted by molar-refractivity contribution is 0.0594. The van der Waals surface area contributed by atoms with E-state index in [2.05, 4.69) is 14.7 Å². The first-order chi connectivity index (χ1) is 7.70. The van der Waals surface area contributed by atoms with Gasteiger partial charge in [0.15, 0.2) is 17.3 Å². The van der Waals surface area contributed by atoms with E-state index >= 15 is 0 Å². The molecule has 0 spiro atoms. The van der Waals surface area contributed by atoms with Gasteiger partial charge in [0.05, 0.1) is 7.11 Å². The highest BCUT2D eigenvalue weighted by Gasteiger charge is 2.11. The first-order valence-corrected chi connectivity index (χ1v) is 4.69. The molecule has 2 rings (SSSR count). The zero-order valence-corrected chi connectivity index (χ0v) is 8.93. The molecule has 16 heavy (non-hydrogen) atoms. The Labute approximate surface area is 92.1 Å². The second kappa shape index (κ2) is 4.14. The quantitative estimate of drug-likeness (QED) is 0.719. The van der Waals surface area contributed by atoms with E-state index in [0.717, 1.165) is 5.76 Å². The van der Waals surface area contributed by atoms with Crippen molar-refractivity contribution in [2.24, 2.45) is 0 Å². The molecule has 0 amide bonds. The molecule has 0 fully saturated rings. The number of hydrogen-bond donors (Lipinski definition) is 0. The fraction of sp³-hybridized carbons (Fsp3) is 0.182. The van der Waals surface area contributed by atoms with Crippen LogP contribution in [-0.4, -0.2) is 23.0 Å². The molecule has 0 bridgehead atoms. The van der Waals surface area contributed by atoms with Crippen molar-refractivity contribution < 1.29 is 13.9 Å². The largest absolute Gasteiger partial charge is 0.464 e. The Hall–Kier alpha value is -2.17. The van der Waals surface area contributed by atoms with Gasteiger partial charge in [0.1, 0.15) is 5.76 Å². The Bertz CT molecular complexity index is 519. The molecule has 0 saturated heterocycles. The molecule has 0 aliphatic heterocycles. The third-order valence-corrected chi connectivity index (χ3v) is 2.01. The van der Waals surface area contributed by atoms with Crippen molar-refractivity contribution in [3.63, 3.8) is 0 Å². The maximum Gasteiger partial charge on any atom is 0.356 e. The van der Waals surface area contributed by atoms with Crippen LogP contribution in [0.1, 0.15) is 16.2 Å². The van der Waals surface area contributed by atoms with E-state index < -0.39 is 5.97 Å². The molecular formula is C11H10N2O3. The van der Waals surface area contributed by atoms with Crippen LogP contribution < -0.4 is 0 Å². The molecule has 0 unspecified atom stereocenters. The second-order valence-electron chi connectivity index (χ2n) is 3.17. The predicted octanol–water partition coefficient (Wildman–Crippen LogP) is 1.83. The van der Waals surface area contributed by atoms with Gasteiger partial charge in [0.25, 0.3) is 0 Å². The minimum absolute atomic E-state index is 0.210. The van der Waals surface area contributed by atoms with Crippen LogP contribution in [0.3, 0.4) is 0 Å². The highest BCUT2D eigenvalue weighted by Crippen LogP contribution is 2.17. The van der Waals surface area contributed by atoms with Gasteiger partial charge < -0.3 is 9.15 Å². The van der Waals surface area contributed by atoms with E-state index in [4.69, 9.17) is 4.42 Å². The van der Waals surface area contributed by atoms with Gasteiger partial charge in [-0.05, 0) is 25.1 Å². The maximum absolute atomic E-state index is 11.3. The van der Waals surface area contributed by atoms with Gasteiger partial charge in [-0.15, -0.1) is 0 Å². The van der Waals surface area contributed by atoms with Crippen LogP contribution in [0.4, 0.5) is 0 Å². The Morgan fingerprint density at radius 2 is 2.19 bits per heavy atom. The fourth-order valence-electron chi connectivity index (χ4n) is 1.25. The van der Waals surface area contributed by atoms with Gasteiger partial charge in [-0.3, -0.25) is 0 Å². The first kappa shape index (κ1) is 10.4. The number of rotatable bonds is 2. The second-order valence-corrected chi connectivity index (χ2v) is 3.17. The van der Waals surface area contributed by atoms with Crippen molar-refractivity contribution in [1.82, 2.24) is 9.97 Å². The summed E-state index contributed by atoms with van der Waals surface area (Å²) in [5.74, 6) is 1.17. The number of hydrogen-bond acceptors (Lipinski definition) is 5. The summed E-state index contributed by atoms with van der Waals surface area (Å²) in [5, 5.41) is 0. The molecule has 2 aromatic heterocycles. The van der Waals surface area contributed by atoms with Gasteiger partial charge >= 0.3 is 5.97 Å². The average molecular weight is 218 g/mol. The van der Waals surface area contributed by atoms with Crippen LogP contribution in [0, 0.1) is 6.92 Å². The number of aromatic nitrogens is 2. The number of esters is 1. The summed E-state index contributed by atoms with van der Waals surface area (Å²) >= 11 is 0. The monoisotopic (exact) mass is 218 g/mol. The number of furan rings is 1. The van der Waals surface area contributed by atoms with Gasteiger partial charge in [0.2, 0.25) is 0 Å². The lowest BCUT2D eigenvalue weighted by atomic mass is 10.3. The molecule has 0 atom stereocenters. The van der Waals surface area contributed by atoms with Crippen LogP contribution in [0.2, 0.25) is 0 Å². The number of carbonyl (C=O) groups excluding carboxylic acids is 1. The summed E-state index contributed by atoms with van der Waals surface area (Å²) < 4.78 is 9.93. The van der Waals surface area contributed by atoms with Crippen molar-refractivity contribution in [1.29, 1.82) is 0 Å². The molecule has 0 radical (unpaired) electrons. The Morgan fingerprint density at radius 1 is 1.38 bits per heavy atom. The van der Waals surface area contributed by atoms with Crippen LogP contribution in [0.15, 0.2) is 28.8 Å². The highest BCUT2D eigenvalue weighted by molar-refractivity contribution is 5.87. The number of nitrogens with zero attached hydrogens (tertiary/aromatic N) is 2. The Balaban J connectivity index is 2.39. The molecule has 0 saturated carbocycles. The van der Waals surface area contributed by atoms with Gasteiger partial charge in [-0.25, -0.2) is 14.8 Å². The average Bonchev–Trinajstić information content (AvgIpc) is 2.75. The molecule has 0 aromatic carbocycles. The van der Waals surface area contributed by atoms with E-state index in [1.54, 1.807) is 6.07 Å². The van der Waals surface area contributed by atoms with Gasteiger partial charge in [-0.1, -0.05) is 0 Å². The Kier molecular flexibility index (Phi) is 2.68. The molecule has 5 nitrogen and oxygen atoms in total. The lowest BCUT2D eigenvalue weighted by Crippen LogP contribution is -2.05. The van der Waals surface area contributed by atoms with Crippen LogP contribution in [0.5, 0.6) is 0 Å². The molecule has 0 aliphatic carbocycles. The topological polar surface area (TPSA) is 65.2 Å². The lowest BCUT2D eigenvalue weighted by Gasteiger charge is -1.99. The van der Waals surface area contributed by atoms with Crippen molar-refractivity contribution in [3.8, 4) is 11.6 Å². The summed E-state index contributed by atoms with van der Waals surface area (Å²) in [7, 11) is 1.31. The smallest absolute Gasteiger partial charge is 0.356 e. The maximum atomic E-state index is 11.3. The van der Waals surface area contributed by atoms with E-state index in [1.807, 2.05) is 13.0 Å². The third-order valence-electron chi connectivity index (χ3n) is 2.01. The minimum atomic E-state index is -0.494. The van der Waals surface area contributed by atoms with Crippen LogP contribution >= 0.6 is 0 Å². The summed E-state index contributed by atoms with van der Waals surface area (Å²) in [4.78, 5) is 19.3. The highest BCUT2D eigenvalue weighted by atomic mass is 16.5. The summed E-state index contributed by atoms with van der Waals surface area (Å²) in [6.07, 6.45) is 1.49.